The van der Waals surface area contributed by atoms with Crippen LogP contribution in [0.25, 0.3) is 5.69 Å². The van der Waals surface area contributed by atoms with Crippen molar-refractivity contribution in [3.05, 3.63) is 90.2 Å². The number of phenols is 3. The second-order valence-electron chi connectivity index (χ2n) is 8.82. The number of nitrogens with zero attached hydrogens (tertiary/aromatic N) is 2. The number of ether oxygens (including phenoxy) is 2. The highest BCUT2D eigenvalue weighted by atomic mass is 79.9. The van der Waals surface area contributed by atoms with Crippen LogP contribution in [-0.2, 0) is 6.42 Å². The van der Waals surface area contributed by atoms with Gasteiger partial charge in [0.15, 0.2) is 17.2 Å². The zero-order chi connectivity index (χ0) is 29.1. The second kappa shape index (κ2) is 11.5. The molecule has 1 amide bonds. The Bertz CT molecular complexity index is 1680. The maximum atomic E-state index is 12.7. The predicted molar refractivity (Wildman–Crippen MR) is 148 cm³/mol. The Kier molecular flexibility index (Phi) is 8.14. The summed E-state index contributed by atoms with van der Waals surface area (Å²) in [6.45, 7) is 3.58. The van der Waals surface area contributed by atoms with Gasteiger partial charge in [-0.25, -0.2) is 4.79 Å². The Balaban J connectivity index is 1.56. The van der Waals surface area contributed by atoms with Crippen LogP contribution in [-0.4, -0.2) is 49.6 Å². The lowest BCUT2D eigenvalue weighted by molar-refractivity contribution is 0.0945. The van der Waals surface area contributed by atoms with E-state index in [0.29, 0.717) is 44.1 Å². The van der Waals surface area contributed by atoms with Gasteiger partial charge in [-0.05, 0) is 95.4 Å². The number of carbonyl (C=O) groups is 1. The van der Waals surface area contributed by atoms with Crippen LogP contribution in [0.15, 0.2) is 56.5 Å². The van der Waals surface area contributed by atoms with E-state index >= 15 is 0 Å². The number of halogens is 1. The Morgan fingerprint density at radius 2 is 1.70 bits per heavy atom. The summed E-state index contributed by atoms with van der Waals surface area (Å²) in [5.74, 6) is -0.732. The SMILES string of the molecule is COc1ccc(Oc2c(C)cc(-n3nc(C(=O)NCCc4cc(O)c(O)c(O)c4)c(=O)[nH]c3=O)cc2C)cc1Br. The van der Waals surface area contributed by atoms with Gasteiger partial charge in [0.05, 0.1) is 17.3 Å². The molecule has 208 valence electrons. The minimum atomic E-state index is -0.961. The van der Waals surface area contributed by atoms with E-state index in [2.05, 4.69) is 31.3 Å². The summed E-state index contributed by atoms with van der Waals surface area (Å²) in [5.41, 5.74) is -0.240. The lowest BCUT2D eigenvalue weighted by atomic mass is 10.1. The fourth-order valence-electron chi connectivity index (χ4n) is 3.97. The van der Waals surface area contributed by atoms with E-state index in [1.807, 2.05) is 0 Å². The van der Waals surface area contributed by atoms with Gasteiger partial charge in [-0.1, -0.05) is 0 Å². The third-order valence-electron chi connectivity index (χ3n) is 5.90. The van der Waals surface area contributed by atoms with Gasteiger partial charge in [0, 0.05) is 6.54 Å². The van der Waals surface area contributed by atoms with Crippen molar-refractivity contribution in [1.29, 1.82) is 0 Å². The van der Waals surface area contributed by atoms with Gasteiger partial charge in [-0.2, -0.15) is 9.78 Å². The van der Waals surface area contributed by atoms with Crippen molar-refractivity contribution in [2.75, 3.05) is 13.7 Å². The largest absolute Gasteiger partial charge is 0.504 e. The van der Waals surface area contributed by atoms with Gasteiger partial charge in [0.25, 0.3) is 11.5 Å². The monoisotopic (exact) mass is 612 g/mol. The molecule has 0 fully saturated rings. The van der Waals surface area contributed by atoms with E-state index in [-0.39, 0.29) is 13.0 Å². The summed E-state index contributed by atoms with van der Waals surface area (Å²) in [7, 11) is 1.56. The summed E-state index contributed by atoms with van der Waals surface area (Å²) in [6, 6.07) is 11.0. The van der Waals surface area contributed by atoms with Crippen molar-refractivity contribution in [3.63, 3.8) is 0 Å². The first-order valence-electron chi connectivity index (χ1n) is 11.9. The minimum absolute atomic E-state index is 0.00839. The number of carbonyl (C=O) groups excluding carboxylic acids is 1. The third-order valence-corrected chi connectivity index (χ3v) is 6.52. The predicted octanol–water partition coefficient (Wildman–Crippen LogP) is 3.19. The lowest BCUT2D eigenvalue weighted by Gasteiger charge is -2.15. The smallest absolute Gasteiger partial charge is 0.349 e. The highest BCUT2D eigenvalue weighted by Gasteiger charge is 2.18. The van der Waals surface area contributed by atoms with Gasteiger partial charge in [-0.15, -0.1) is 0 Å². The molecular weight excluding hydrogens is 588 g/mol. The zero-order valence-corrected chi connectivity index (χ0v) is 23.2. The number of amides is 1. The molecule has 0 unspecified atom stereocenters. The van der Waals surface area contributed by atoms with Gasteiger partial charge in [0.1, 0.15) is 17.2 Å². The topological polar surface area (TPSA) is 176 Å². The maximum Gasteiger partial charge on any atom is 0.349 e. The van der Waals surface area contributed by atoms with Gasteiger partial charge < -0.3 is 30.1 Å². The molecule has 40 heavy (non-hydrogen) atoms. The molecule has 0 aliphatic heterocycles. The molecule has 1 heterocycles. The van der Waals surface area contributed by atoms with E-state index < -0.39 is 40.1 Å². The Labute approximate surface area is 235 Å². The van der Waals surface area contributed by atoms with Crippen LogP contribution in [0.2, 0.25) is 0 Å². The first-order valence-corrected chi connectivity index (χ1v) is 12.7. The van der Waals surface area contributed by atoms with Crippen LogP contribution in [0.1, 0.15) is 27.2 Å². The number of aromatic nitrogens is 3. The standard InChI is InChI=1S/C27H25BrN4O8/c1-13-8-16(9-14(2)24(13)40-17-4-5-21(39-3)18(28)12-17)32-27(38)30-26(37)22(31-32)25(36)29-7-6-15-10-19(33)23(35)20(34)11-15/h4-5,8-12,33-35H,6-7H2,1-3H3,(H,29,36)(H,30,37,38). The average molecular weight is 613 g/mol. The van der Waals surface area contributed by atoms with E-state index in [9.17, 15) is 29.7 Å². The number of methoxy groups -OCH3 is 1. The molecule has 5 N–H and O–H groups in total. The lowest BCUT2D eigenvalue weighted by Crippen LogP contribution is -2.39. The average Bonchev–Trinajstić information content (AvgIpc) is 2.89. The summed E-state index contributed by atoms with van der Waals surface area (Å²) in [6.07, 6.45) is 0.162. The molecule has 0 radical (unpaired) electrons. The molecule has 1 aromatic heterocycles. The first-order chi connectivity index (χ1) is 19.0. The Morgan fingerprint density at radius 3 is 2.30 bits per heavy atom. The fourth-order valence-corrected chi connectivity index (χ4v) is 4.49. The molecule has 12 nitrogen and oxygen atoms in total. The summed E-state index contributed by atoms with van der Waals surface area (Å²) in [4.78, 5) is 39.8. The van der Waals surface area contributed by atoms with Crippen molar-refractivity contribution < 1.29 is 29.6 Å². The molecule has 4 aromatic rings. The van der Waals surface area contributed by atoms with Crippen LogP contribution in [0.3, 0.4) is 0 Å². The quantitative estimate of drug-likeness (QED) is 0.187. The number of nitrogens with one attached hydrogen (secondary N) is 2. The molecule has 0 saturated carbocycles. The van der Waals surface area contributed by atoms with Crippen molar-refractivity contribution in [3.8, 4) is 40.2 Å². The number of hydrogen-bond donors (Lipinski definition) is 5. The molecule has 4 rings (SSSR count). The number of aromatic amines is 1. The molecule has 0 saturated heterocycles. The number of phenolic OH excluding ortho intramolecular Hbond substituents is 3. The van der Waals surface area contributed by atoms with Gasteiger partial charge in [0.2, 0.25) is 5.69 Å². The van der Waals surface area contributed by atoms with E-state index in [4.69, 9.17) is 9.47 Å². The maximum absolute atomic E-state index is 12.7. The highest BCUT2D eigenvalue weighted by molar-refractivity contribution is 9.10. The second-order valence-corrected chi connectivity index (χ2v) is 9.67. The van der Waals surface area contributed by atoms with Crippen molar-refractivity contribution in [1.82, 2.24) is 20.1 Å². The van der Waals surface area contributed by atoms with Crippen molar-refractivity contribution in [2.24, 2.45) is 0 Å². The number of aryl methyl sites for hydroxylation is 2. The summed E-state index contributed by atoms with van der Waals surface area (Å²) >= 11 is 3.43. The highest BCUT2D eigenvalue weighted by Crippen LogP contribution is 2.36. The van der Waals surface area contributed by atoms with E-state index in [1.54, 1.807) is 51.3 Å². The van der Waals surface area contributed by atoms with Crippen molar-refractivity contribution >= 4 is 21.8 Å². The molecule has 13 heteroatoms. The molecule has 0 bridgehead atoms. The summed E-state index contributed by atoms with van der Waals surface area (Å²) in [5, 5.41) is 35.2. The Morgan fingerprint density at radius 1 is 1.05 bits per heavy atom. The van der Waals surface area contributed by atoms with E-state index in [0.717, 1.165) is 4.68 Å². The third kappa shape index (κ3) is 5.94. The molecule has 0 aliphatic carbocycles. The van der Waals surface area contributed by atoms with Crippen LogP contribution in [0, 0.1) is 13.8 Å². The van der Waals surface area contributed by atoms with Gasteiger partial charge in [-0.3, -0.25) is 14.6 Å². The van der Waals surface area contributed by atoms with E-state index in [1.165, 1.54) is 12.1 Å². The number of benzene rings is 3. The number of rotatable bonds is 8. The number of hydrogen-bond acceptors (Lipinski definition) is 9. The zero-order valence-electron chi connectivity index (χ0n) is 21.6. The normalized spacial score (nSPS) is 10.8. The first kappa shape index (κ1) is 28.2. The minimum Gasteiger partial charge on any atom is -0.504 e. The number of H-pyrrole nitrogens is 1. The summed E-state index contributed by atoms with van der Waals surface area (Å²) < 4.78 is 12.9. The molecule has 0 atom stereocenters. The molecule has 0 spiro atoms. The molecule has 3 aromatic carbocycles. The van der Waals surface area contributed by atoms with Crippen LogP contribution in [0.4, 0.5) is 0 Å². The molecular formula is C27H25BrN4O8. The van der Waals surface area contributed by atoms with Crippen LogP contribution in [0.5, 0.6) is 34.5 Å². The van der Waals surface area contributed by atoms with Crippen LogP contribution >= 0.6 is 15.9 Å². The fraction of sp³-hybridized carbons (Fsp3) is 0.185. The number of aromatic hydroxyl groups is 3. The van der Waals surface area contributed by atoms with Crippen molar-refractivity contribution in [2.45, 2.75) is 20.3 Å². The van der Waals surface area contributed by atoms with Crippen LogP contribution < -0.4 is 26.0 Å². The van der Waals surface area contributed by atoms with Gasteiger partial charge >= 0.3 is 5.69 Å². The molecule has 0 aliphatic rings. The Hall–Kier alpha value is -4.78.